The second kappa shape index (κ2) is 11.4. The summed E-state index contributed by atoms with van der Waals surface area (Å²) in [4.78, 5) is 20.8. The number of benzene rings is 2. The number of carbonyl (C=O) groups is 1. The number of anilines is 1. The Morgan fingerprint density at radius 2 is 2.00 bits per heavy atom. The van der Waals surface area contributed by atoms with Crippen molar-refractivity contribution in [3.8, 4) is 0 Å². The first-order chi connectivity index (χ1) is 17.7. The zero-order valence-electron chi connectivity index (χ0n) is 19.3. The minimum atomic E-state index is -0.628. The summed E-state index contributed by atoms with van der Waals surface area (Å²) in [6.07, 6.45) is 4.34. The Morgan fingerprint density at radius 1 is 1.11 bits per heavy atom. The molecule has 0 bridgehead atoms. The van der Waals surface area contributed by atoms with Gasteiger partial charge in [0.25, 0.3) is 5.91 Å². The summed E-state index contributed by atoms with van der Waals surface area (Å²) in [7, 11) is 0. The molecule has 1 aliphatic rings. The first-order valence-corrected chi connectivity index (χ1v) is 12.5. The highest BCUT2D eigenvalue weighted by molar-refractivity contribution is 7.99. The third-order valence-electron chi connectivity index (χ3n) is 5.75. The highest BCUT2D eigenvalue weighted by atomic mass is 32.2. The predicted molar refractivity (Wildman–Crippen MR) is 134 cm³/mol. The molecule has 1 amide bonds. The van der Waals surface area contributed by atoms with E-state index in [9.17, 15) is 9.90 Å². The number of aliphatic hydroxyl groups excluding tert-OH is 1. The predicted octanol–water partition coefficient (Wildman–Crippen LogP) is 4.28. The minimum Gasteiger partial charge on any atom is -0.392 e. The van der Waals surface area contributed by atoms with Gasteiger partial charge in [0.05, 0.1) is 24.4 Å². The lowest BCUT2D eigenvalue weighted by Crippen LogP contribution is -2.31. The van der Waals surface area contributed by atoms with Crippen LogP contribution in [-0.4, -0.2) is 43.0 Å². The van der Waals surface area contributed by atoms with Gasteiger partial charge in [-0.25, -0.2) is 4.98 Å². The summed E-state index contributed by atoms with van der Waals surface area (Å²) < 4.78 is 12.7. The number of nitrogens with zero attached hydrogens (tertiary/aromatic N) is 3. The summed E-state index contributed by atoms with van der Waals surface area (Å²) in [5.41, 5.74) is 3.76. The van der Waals surface area contributed by atoms with Crippen LogP contribution in [0.5, 0.6) is 0 Å². The van der Waals surface area contributed by atoms with E-state index in [1.165, 1.54) is 24.3 Å². The first-order valence-electron chi connectivity index (χ1n) is 11.5. The Kier molecular flexibility index (Phi) is 7.67. The van der Waals surface area contributed by atoms with Gasteiger partial charge in [0.15, 0.2) is 11.4 Å². The molecule has 1 aliphatic heterocycles. The van der Waals surface area contributed by atoms with Crippen molar-refractivity contribution in [1.29, 1.82) is 0 Å². The molecule has 10 heteroatoms. The third kappa shape index (κ3) is 5.97. The number of aliphatic hydroxyl groups is 1. The Bertz CT molecular complexity index is 1270. The Labute approximate surface area is 212 Å². The number of amides is 1. The number of hydrogen-bond donors (Lipinski definition) is 3. The van der Waals surface area contributed by atoms with Crippen molar-refractivity contribution < 1.29 is 19.4 Å². The zero-order chi connectivity index (χ0) is 24.7. The summed E-state index contributed by atoms with van der Waals surface area (Å²) in [5, 5.41) is 19.8. The van der Waals surface area contributed by atoms with E-state index in [4.69, 9.17) is 9.47 Å². The molecule has 3 atom stereocenters. The number of carbonyl (C=O) groups excluding carboxylic acids is 1. The third-order valence-corrected chi connectivity index (χ3v) is 6.76. The van der Waals surface area contributed by atoms with Gasteiger partial charge in [-0.05, 0) is 35.4 Å². The topological polar surface area (TPSA) is 122 Å². The molecule has 1 saturated heterocycles. The zero-order valence-corrected chi connectivity index (χ0v) is 20.1. The van der Waals surface area contributed by atoms with Gasteiger partial charge in [0.1, 0.15) is 6.33 Å². The average Bonchev–Trinajstić information content (AvgIpc) is 3.46. The number of H-pyrrole nitrogens is 1. The van der Waals surface area contributed by atoms with E-state index in [2.05, 4.69) is 25.5 Å². The van der Waals surface area contributed by atoms with E-state index in [0.29, 0.717) is 23.4 Å². The van der Waals surface area contributed by atoms with Crippen molar-refractivity contribution in [3.63, 3.8) is 0 Å². The van der Waals surface area contributed by atoms with Gasteiger partial charge in [-0.15, -0.1) is 0 Å². The van der Waals surface area contributed by atoms with Crippen LogP contribution < -0.4 is 5.32 Å². The van der Waals surface area contributed by atoms with Crippen molar-refractivity contribution in [1.82, 2.24) is 20.2 Å². The standard InChI is InChI=1S/C26H25N5O4S/c32-14-17-6-8-18(9-7-17)23-12-22(15-36-26-28-16-29-31-26)34-25(35-23)19-3-1-5-21(11-19)30-24(33)20-4-2-10-27-13-20/h1-11,13,16,22-23,25,32H,12,14-15H2,(H,30,33)(H,28,29,31). The van der Waals surface area contributed by atoms with Gasteiger partial charge in [-0.2, -0.15) is 5.10 Å². The van der Waals surface area contributed by atoms with Gasteiger partial charge in [0.2, 0.25) is 0 Å². The molecule has 0 spiro atoms. The smallest absolute Gasteiger partial charge is 0.257 e. The Balaban J connectivity index is 1.35. The summed E-state index contributed by atoms with van der Waals surface area (Å²) in [6.45, 7) is -0.00839. The fraction of sp³-hybridized carbons (Fsp3) is 0.231. The normalized spacial score (nSPS) is 19.6. The lowest BCUT2D eigenvalue weighted by Gasteiger charge is -2.36. The van der Waals surface area contributed by atoms with E-state index in [-0.39, 0.29) is 24.7 Å². The molecule has 5 rings (SSSR count). The van der Waals surface area contributed by atoms with Crippen molar-refractivity contribution in [2.24, 2.45) is 0 Å². The fourth-order valence-corrected chi connectivity index (χ4v) is 4.72. The van der Waals surface area contributed by atoms with Crippen LogP contribution in [0.1, 0.15) is 45.9 Å². The van der Waals surface area contributed by atoms with Crippen LogP contribution in [0.15, 0.2) is 84.5 Å². The molecule has 3 heterocycles. The molecule has 9 nitrogen and oxygen atoms in total. The van der Waals surface area contributed by atoms with Crippen molar-refractivity contribution in [2.75, 3.05) is 11.1 Å². The largest absolute Gasteiger partial charge is 0.392 e. The van der Waals surface area contributed by atoms with Gasteiger partial charge >= 0.3 is 0 Å². The van der Waals surface area contributed by atoms with E-state index in [0.717, 1.165) is 21.8 Å². The molecular formula is C26H25N5O4S. The molecule has 3 N–H and O–H groups in total. The molecule has 2 aromatic heterocycles. The second-order valence-electron chi connectivity index (χ2n) is 8.27. The minimum absolute atomic E-state index is 0.00839. The molecule has 2 aromatic carbocycles. The van der Waals surface area contributed by atoms with Crippen LogP contribution in [0.2, 0.25) is 0 Å². The van der Waals surface area contributed by atoms with Gasteiger partial charge in [0, 0.05) is 35.8 Å². The van der Waals surface area contributed by atoms with Crippen molar-refractivity contribution in [2.45, 2.75) is 36.7 Å². The maximum Gasteiger partial charge on any atom is 0.257 e. The fourth-order valence-electron chi connectivity index (χ4n) is 3.92. The molecule has 3 unspecified atom stereocenters. The summed E-state index contributed by atoms with van der Waals surface area (Å²) >= 11 is 1.54. The molecule has 0 radical (unpaired) electrons. The lowest BCUT2D eigenvalue weighted by molar-refractivity contribution is -0.245. The molecule has 0 aliphatic carbocycles. The van der Waals surface area contributed by atoms with E-state index < -0.39 is 6.29 Å². The number of nitrogens with one attached hydrogen (secondary N) is 2. The highest BCUT2D eigenvalue weighted by Gasteiger charge is 2.32. The van der Waals surface area contributed by atoms with Crippen LogP contribution in [-0.2, 0) is 16.1 Å². The van der Waals surface area contributed by atoms with Crippen LogP contribution in [0, 0.1) is 0 Å². The maximum absolute atomic E-state index is 12.6. The first kappa shape index (κ1) is 24.1. The number of aromatic nitrogens is 4. The number of pyridine rings is 1. The number of ether oxygens (including phenoxy) is 2. The van der Waals surface area contributed by atoms with Crippen molar-refractivity contribution in [3.05, 3.63) is 102 Å². The molecular weight excluding hydrogens is 478 g/mol. The number of rotatable bonds is 8. The molecule has 184 valence electrons. The van der Waals surface area contributed by atoms with E-state index in [1.54, 1.807) is 18.3 Å². The number of hydrogen-bond acceptors (Lipinski definition) is 8. The maximum atomic E-state index is 12.6. The van der Waals surface area contributed by atoms with Crippen LogP contribution in [0.3, 0.4) is 0 Å². The summed E-state index contributed by atoms with van der Waals surface area (Å²) in [6, 6.07) is 18.6. The monoisotopic (exact) mass is 503 g/mol. The highest BCUT2D eigenvalue weighted by Crippen LogP contribution is 2.39. The van der Waals surface area contributed by atoms with Crippen molar-refractivity contribution >= 4 is 23.4 Å². The SMILES string of the molecule is O=C(Nc1cccc(C2OC(CSc3ncn[nH]3)CC(c3ccc(CO)cc3)O2)c1)c1cccnc1. The lowest BCUT2D eigenvalue weighted by atomic mass is 10.0. The van der Waals surface area contributed by atoms with Crippen LogP contribution >= 0.6 is 11.8 Å². The van der Waals surface area contributed by atoms with Crippen LogP contribution in [0.25, 0.3) is 0 Å². The van der Waals surface area contributed by atoms with E-state index >= 15 is 0 Å². The molecule has 36 heavy (non-hydrogen) atoms. The summed E-state index contributed by atoms with van der Waals surface area (Å²) in [5.74, 6) is 0.423. The average molecular weight is 504 g/mol. The van der Waals surface area contributed by atoms with Gasteiger partial charge in [-0.3, -0.25) is 14.9 Å². The van der Waals surface area contributed by atoms with E-state index in [1.807, 2.05) is 48.5 Å². The van der Waals surface area contributed by atoms with Crippen LogP contribution in [0.4, 0.5) is 5.69 Å². The number of aromatic amines is 1. The Morgan fingerprint density at radius 3 is 2.75 bits per heavy atom. The van der Waals surface area contributed by atoms with Gasteiger partial charge < -0.3 is 19.9 Å². The molecule has 0 saturated carbocycles. The quantitative estimate of drug-likeness (QED) is 0.305. The Hall–Kier alpha value is -3.57. The number of thioether (sulfide) groups is 1. The van der Waals surface area contributed by atoms with Gasteiger partial charge in [-0.1, -0.05) is 48.2 Å². The second-order valence-corrected chi connectivity index (χ2v) is 9.28. The molecule has 1 fully saturated rings. The molecule has 4 aromatic rings.